The van der Waals surface area contributed by atoms with Crippen LogP contribution in [0, 0.1) is 6.92 Å². The summed E-state index contributed by atoms with van der Waals surface area (Å²) in [7, 11) is 3.09. The molecule has 0 aliphatic carbocycles. The minimum Gasteiger partial charge on any atom is -0.493 e. The van der Waals surface area contributed by atoms with E-state index in [0.717, 1.165) is 11.1 Å². The molecule has 2 rings (SSSR count). The summed E-state index contributed by atoms with van der Waals surface area (Å²) in [4.78, 5) is 12.4. The van der Waals surface area contributed by atoms with Gasteiger partial charge in [0.25, 0.3) is 5.91 Å². The molecule has 0 saturated heterocycles. The van der Waals surface area contributed by atoms with Crippen molar-refractivity contribution < 1.29 is 27.8 Å². The Morgan fingerprint density at radius 1 is 1.08 bits per heavy atom. The zero-order valence-electron chi connectivity index (χ0n) is 15.0. The molecule has 0 spiro atoms. The summed E-state index contributed by atoms with van der Waals surface area (Å²) in [5.41, 5.74) is 2.01. The fourth-order valence-electron chi connectivity index (χ4n) is 2.63. The van der Waals surface area contributed by atoms with Crippen molar-refractivity contribution in [3.63, 3.8) is 0 Å². The lowest BCUT2D eigenvalue weighted by molar-refractivity contribution is -0.0498. The lowest BCUT2D eigenvalue weighted by atomic mass is 10.0. The zero-order valence-corrected chi connectivity index (χ0v) is 15.0. The quantitative estimate of drug-likeness (QED) is 0.802. The van der Waals surface area contributed by atoms with Crippen molar-refractivity contribution in [2.75, 3.05) is 14.2 Å². The van der Waals surface area contributed by atoms with Gasteiger partial charge in [0.1, 0.15) is 5.75 Å². The van der Waals surface area contributed by atoms with E-state index >= 15 is 0 Å². The topological polar surface area (TPSA) is 56.8 Å². The van der Waals surface area contributed by atoms with Gasteiger partial charge in [0.05, 0.1) is 20.3 Å². The number of methoxy groups -OCH3 is 2. The first kappa shape index (κ1) is 19.5. The Morgan fingerprint density at radius 2 is 1.73 bits per heavy atom. The van der Waals surface area contributed by atoms with E-state index in [1.165, 1.54) is 31.4 Å². The van der Waals surface area contributed by atoms with Crippen LogP contribution in [0.4, 0.5) is 8.78 Å². The highest BCUT2D eigenvalue weighted by atomic mass is 19.3. The molecule has 1 atom stereocenters. The van der Waals surface area contributed by atoms with E-state index in [9.17, 15) is 13.6 Å². The Bertz CT molecular complexity index is 780. The Balaban J connectivity index is 2.19. The average Bonchev–Trinajstić information content (AvgIpc) is 2.60. The maximum atomic E-state index is 12.4. The number of benzene rings is 2. The smallest absolute Gasteiger partial charge is 0.387 e. The van der Waals surface area contributed by atoms with E-state index in [1.807, 2.05) is 19.9 Å². The first-order valence-corrected chi connectivity index (χ1v) is 7.94. The van der Waals surface area contributed by atoms with Crippen molar-refractivity contribution in [1.82, 2.24) is 5.32 Å². The number of ether oxygens (including phenoxy) is 3. The molecule has 0 aliphatic rings. The van der Waals surface area contributed by atoms with Gasteiger partial charge in [-0.15, -0.1) is 0 Å². The van der Waals surface area contributed by atoms with Gasteiger partial charge in [0.15, 0.2) is 11.5 Å². The van der Waals surface area contributed by atoms with Crippen LogP contribution in [-0.2, 0) is 0 Å². The van der Waals surface area contributed by atoms with E-state index < -0.39 is 12.5 Å². The maximum Gasteiger partial charge on any atom is 0.387 e. The second kappa shape index (κ2) is 8.51. The highest BCUT2D eigenvalue weighted by molar-refractivity contribution is 5.94. The third-order valence-electron chi connectivity index (χ3n) is 3.91. The number of rotatable bonds is 7. The standard InChI is InChI=1S/C19H21F2NO4/c1-11-8-16(24-3)17(25-4)10-15(11)12(2)22-18(23)13-6-5-7-14(9-13)26-19(20)21/h5-10,12,19H,1-4H3,(H,22,23). The fourth-order valence-corrected chi connectivity index (χ4v) is 2.63. The van der Waals surface area contributed by atoms with E-state index in [2.05, 4.69) is 10.1 Å². The molecule has 5 nitrogen and oxygen atoms in total. The van der Waals surface area contributed by atoms with E-state index in [4.69, 9.17) is 9.47 Å². The lowest BCUT2D eigenvalue weighted by Crippen LogP contribution is -2.27. The van der Waals surface area contributed by atoms with Crippen LogP contribution in [0.25, 0.3) is 0 Å². The molecule has 7 heteroatoms. The van der Waals surface area contributed by atoms with Gasteiger partial charge in [-0.05, 0) is 55.3 Å². The first-order valence-electron chi connectivity index (χ1n) is 7.94. The lowest BCUT2D eigenvalue weighted by Gasteiger charge is -2.19. The highest BCUT2D eigenvalue weighted by Gasteiger charge is 2.17. The monoisotopic (exact) mass is 365 g/mol. The van der Waals surface area contributed by atoms with E-state index in [0.29, 0.717) is 11.5 Å². The predicted octanol–water partition coefficient (Wildman–Crippen LogP) is 4.10. The zero-order chi connectivity index (χ0) is 19.3. The molecule has 0 aliphatic heterocycles. The minimum atomic E-state index is -2.94. The van der Waals surface area contributed by atoms with Crippen molar-refractivity contribution in [2.45, 2.75) is 26.5 Å². The third-order valence-corrected chi connectivity index (χ3v) is 3.91. The van der Waals surface area contributed by atoms with Crippen LogP contribution in [0.15, 0.2) is 36.4 Å². The van der Waals surface area contributed by atoms with Crippen molar-refractivity contribution in [2.24, 2.45) is 0 Å². The van der Waals surface area contributed by atoms with Crippen molar-refractivity contribution in [1.29, 1.82) is 0 Å². The van der Waals surface area contributed by atoms with Gasteiger partial charge < -0.3 is 19.5 Å². The van der Waals surface area contributed by atoms with Crippen LogP contribution in [0.1, 0.15) is 34.5 Å². The first-order chi connectivity index (χ1) is 12.3. The Kier molecular flexibility index (Phi) is 6.38. The van der Waals surface area contributed by atoms with Gasteiger partial charge in [-0.2, -0.15) is 8.78 Å². The minimum absolute atomic E-state index is 0.0670. The van der Waals surface area contributed by atoms with Crippen molar-refractivity contribution in [3.05, 3.63) is 53.1 Å². The Hall–Kier alpha value is -2.83. The van der Waals surface area contributed by atoms with Gasteiger partial charge in [-0.25, -0.2) is 0 Å². The molecule has 0 radical (unpaired) electrons. The third kappa shape index (κ3) is 4.62. The van der Waals surface area contributed by atoms with Gasteiger partial charge in [0, 0.05) is 5.56 Å². The van der Waals surface area contributed by atoms with Gasteiger partial charge in [0.2, 0.25) is 0 Å². The maximum absolute atomic E-state index is 12.4. The molecule has 2 aromatic rings. The largest absolute Gasteiger partial charge is 0.493 e. The summed E-state index contributed by atoms with van der Waals surface area (Å²) in [6.07, 6.45) is 0. The summed E-state index contributed by atoms with van der Waals surface area (Å²) in [6, 6.07) is 8.95. The average molecular weight is 365 g/mol. The van der Waals surface area contributed by atoms with Gasteiger partial charge in [-0.3, -0.25) is 4.79 Å². The number of hydrogen-bond donors (Lipinski definition) is 1. The fraction of sp³-hybridized carbons (Fsp3) is 0.316. The molecular formula is C19H21F2NO4. The summed E-state index contributed by atoms with van der Waals surface area (Å²) in [5, 5.41) is 2.84. The van der Waals surface area contributed by atoms with E-state index in [-0.39, 0.29) is 17.4 Å². The molecule has 1 amide bonds. The second-order valence-corrected chi connectivity index (χ2v) is 5.67. The Labute approximate surface area is 150 Å². The number of alkyl halides is 2. The normalized spacial score (nSPS) is 11.8. The molecule has 0 saturated carbocycles. The molecule has 2 aromatic carbocycles. The van der Waals surface area contributed by atoms with Crippen LogP contribution in [0.3, 0.4) is 0 Å². The van der Waals surface area contributed by atoms with Crippen LogP contribution in [0.5, 0.6) is 17.2 Å². The van der Waals surface area contributed by atoms with Crippen LogP contribution < -0.4 is 19.5 Å². The Morgan fingerprint density at radius 3 is 2.35 bits per heavy atom. The van der Waals surface area contributed by atoms with E-state index in [1.54, 1.807) is 13.2 Å². The number of carbonyl (C=O) groups is 1. The molecule has 0 fully saturated rings. The molecule has 1 unspecified atom stereocenters. The van der Waals surface area contributed by atoms with Crippen LogP contribution in [0.2, 0.25) is 0 Å². The number of amides is 1. The van der Waals surface area contributed by atoms with Crippen molar-refractivity contribution >= 4 is 5.91 Å². The molecule has 26 heavy (non-hydrogen) atoms. The highest BCUT2D eigenvalue weighted by Crippen LogP contribution is 2.33. The number of nitrogens with one attached hydrogen (secondary N) is 1. The molecule has 140 valence electrons. The molecule has 0 aromatic heterocycles. The summed E-state index contributed by atoms with van der Waals surface area (Å²) in [5.74, 6) is 0.694. The summed E-state index contributed by atoms with van der Waals surface area (Å²) in [6.45, 7) is 0.782. The predicted molar refractivity (Wildman–Crippen MR) is 93.2 cm³/mol. The number of hydrogen-bond acceptors (Lipinski definition) is 4. The van der Waals surface area contributed by atoms with Crippen molar-refractivity contribution in [3.8, 4) is 17.2 Å². The molecular weight excluding hydrogens is 344 g/mol. The second-order valence-electron chi connectivity index (χ2n) is 5.67. The van der Waals surface area contributed by atoms with Gasteiger partial charge in [-0.1, -0.05) is 6.07 Å². The summed E-state index contributed by atoms with van der Waals surface area (Å²) < 4.78 is 39.5. The molecule has 1 N–H and O–H groups in total. The SMILES string of the molecule is COc1cc(C)c(C(C)NC(=O)c2cccc(OC(F)F)c2)cc1OC. The van der Waals surface area contributed by atoms with Crippen LogP contribution >= 0.6 is 0 Å². The summed E-state index contributed by atoms with van der Waals surface area (Å²) >= 11 is 0. The number of halogens is 2. The number of carbonyl (C=O) groups excluding carboxylic acids is 1. The number of aryl methyl sites for hydroxylation is 1. The van der Waals surface area contributed by atoms with Gasteiger partial charge >= 0.3 is 6.61 Å². The molecule has 0 heterocycles. The molecule has 0 bridgehead atoms. The van der Waals surface area contributed by atoms with Crippen LogP contribution in [-0.4, -0.2) is 26.7 Å².